The van der Waals surface area contributed by atoms with E-state index in [0.717, 1.165) is 52.0 Å². The van der Waals surface area contributed by atoms with Gasteiger partial charge in [0, 0.05) is 33.4 Å². The predicted octanol–water partition coefficient (Wildman–Crippen LogP) is -0.0180. The maximum absolute atomic E-state index is 12.5. The number of carbonyl (C=O) groups excluding carboxylic acids is 1. The van der Waals surface area contributed by atoms with Gasteiger partial charge in [0.15, 0.2) is 0 Å². The summed E-state index contributed by atoms with van der Waals surface area (Å²) < 4.78 is 10.7. The average molecular weight is 299 g/mol. The maximum Gasteiger partial charge on any atom is 0.252 e. The van der Waals surface area contributed by atoms with Gasteiger partial charge in [0.1, 0.15) is 5.60 Å². The highest BCUT2D eigenvalue weighted by Crippen LogP contribution is 2.23. The molecule has 2 fully saturated rings. The highest BCUT2D eigenvalue weighted by Gasteiger charge is 2.40. The second-order valence-corrected chi connectivity index (χ2v) is 5.98. The average Bonchev–Trinajstić information content (AvgIpc) is 2.98. The minimum atomic E-state index is -0.638. The van der Waals surface area contributed by atoms with Gasteiger partial charge in [-0.1, -0.05) is 0 Å². The van der Waals surface area contributed by atoms with Gasteiger partial charge in [0.2, 0.25) is 0 Å². The molecule has 0 spiro atoms. The summed E-state index contributed by atoms with van der Waals surface area (Å²) in [6, 6.07) is 0.430. The summed E-state index contributed by atoms with van der Waals surface area (Å²) in [5, 5.41) is 6.39. The molecule has 122 valence electrons. The van der Waals surface area contributed by atoms with Gasteiger partial charge in [-0.2, -0.15) is 0 Å². The highest BCUT2D eigenvalue weighted by atomic mass is 16.5. The number of piperidine rings is 1. The first-order valence-electron chi connectivity index (χ1n) is 7.99. The molecule has 1 atom stereocenters. The first-order chi connectivity index (χ1) is 10.2. The van der Waals surface area contributed by atoms with E-state index in [2.05, 4.69) is 15.5 Å². The molecule has 2 saturated heterocycles. The van der Waals surface area contributed by atoms with Crippen LogP contribution in [-0.4, -0.2) is 76.0 Å². The summed E-state index contributed by atoms with van der Waals surface area (Å²) in [6.07, 6.45) is 3.83. The molecule has 2 heterocycles. The molecule has 2 aliphatic rings. The van der Waals surface area contributed by atoms with E-state index in [1.807, 2.05) is 0 Å². The van der Waals surface area contributed by atoms with E-state index in [1.54, 1.807) is 14.2 Å². The fourth-order valence-corrected chi connectivity index (χ4v) is 3.36. The van der Waals surface area contributed by atoms with Crippen molar-refractivity contribution in [1.82, 2.24) is 15.5 Å². The van der Waals surface area contributed by atoms with Gasteiger partial charge in [-0.05, 0) is 45.3 Å². The van der Waals surface area contributed by atoms with E-state index in [9.17, 15) is 4.79 Å². The molecule has 0 radical (unpaired) electrons. The molecule has 2 aliphatic heterocycles. The number of ether oxygens (including phenoxy) is 2. The van der Waals surface area contributed by atoms with Crippen LogP contribution >= 0.6 is 0 Å². The van der Waals surface area contributed by atoms with Crippen LogP contribution in [0.5, 0.6) is 0 Å². The van der Waals surface area contributed by atoms with E-state index in [0.29, 0.717) is 12.6 Å². The van der Waals surface area contributed by atoms with Gasteiger partial charge in [0.25, 0.3) is 5.91 Å². The Hall–Kier alpha value is -0.690. The normalized spacial score (nSPS) is 25.9. The standard InChI is InChI=1S/C15H29N3O3/c1-20-11-10-18-9-3-4-13(18)12-17-14(19)15(21-2)5-7-16-8-6-15/h13,16H,3-12H2,1-2H3,(H,17,19). The molecule has 1 unspecified atom stereocenters. The van der Waals surface area contributed by atoms with Gasteiger partial charge in [-0.25, -0.2) is 0 Å². The molecule has 0 aliphatic carbocycles. The Bertz CT molecular complexity index is 332. The smallest absolute Gasteiger partial charge is 0.252 e. The lowest BCUT2D eigenvalue weighted by atomic mass is 9.91. The summed E-state index contributed by atoms with van der Waals surface area (Å²) in [5.41, 5.74) is -0.638. The van der Waals surface area contributed by atoms with Crippen LogP contribution in [0.25, 0.3) is 0 Å². The van der Waals surface area contributed by atoms with Gasteiger partial charge < -0.3 is 20.1 Å². The molecular formula is C15H29N3O3. The van der Waals surface area contributed by atoms with Gasteiger partial charge in [-0.15, -0.1) is 0 Å². The zero-order chi connectivity index (χ0) is 15.1. The maximum atomic E-state index is 12.5. The molecular weight excluding hydrogens is 270 g/mol. The third-order valence-electron chi connectivity index (χ3n) is 4.80. The fraction of sp³-hybridized carbons (Fsp3) is 0.933. The van der Waals surface area contributed by atoms with Gasteiger partial charge in [-0.3, -0.25) is 9.69 Å². The molecule has 21 heavy (non-hydrogen) atoms. The van der Waals surface area contributed by atoms with Crippen molar-refractivity contribution in [3.05, 3.63) is 0 Å². The SMILES string of the molecule is COCCN1CCCC1CNC(=O)C1(OC)CCNCC1. The summed E-state index contributed by atoms with van der Waals surface area (Å²) in [7, 11) is 3.37. The molecule has 0 aromatic rings. The summed E-state index contributed by atoms with van der Waals surface area (Å²) >= 11 is 0. The van der Waals surface area contributed by atoms with Crippen LogP contribution in [0.2, 0.25) is 0 Å². The van der Waals surface area contributed by atoms with Crippen molar-refractivity contribution in [2.75, 3.05) is 53.6 Å². The third-order valence-corrected chi connectivity index (χ3v) is 4.80. The van der Waals surface area contributed by atoms with Crippen molar-refractivity contribution in [3.63, 3.8) is 0 Å². The topological polar surface area (TPSA) is 62.8 Å². The highest BCUT2D eigenvalue weighted by molar-refractivity contribution is 5.85. The molecule has 2 rings (SSSR count). The number of rotatable bonds is 7. The number of nitrogens with zero attached hydrogens (tertiary/aromatic N) is 1. The molecule has 0 saturated carbocycles. The van der Waals surface area contributed by atoms with Crippen LogP contribution in [0, 0.1) is 0 Å². The zero-order valence-electron chi connectivity index (χ0n) is 13.3. The van der Waals surface area contributed by atoms with Gasteiger partial charge in [0.05, 0.1) is 6.61 Å². The lowest BCUT2D eigenvalue weighted by Crippen LogP contribution is -2.55. The van der Waals surface area contributed by atoms with E-state index in [4.69, 9.17) is 9.47 Å². The molecule has 6 nitrogen and oxygen atoms in total. The lowest BCUT2D eigenvalue weighted by molar-refractivity contribution is -0.146. The number of amides is 1. The van der Waals surface area contributed by atoms with Crippen LogP contribution in [0.15, 0.2) is 0 Å². The zero-order valence-corrected chi connectivity index (χ0v) is 13.3. The van der Waals surface area contributed by atoms with Crippen molar-refractivity contribution in [3.8, 4) is 0 Å². The van der Waals surface area contributed by atoms with Gasteiger partial charge >= 0.3 is 0 Å². The first-order valence-corrected chi connectivity index (χ1v) is 7.99. The Morgan fingerprint density at radius 2 is 2.14 bits per heavy atom. The number of methoxy groups -OCH3 is 2. The fourth-order valence-electron chi connectivity index (χ4n) is 3.36. The van der Waals surface area contributed by atoms with E-state index < -0.39 is 5.60 Å². The van der Waals surface area contributed by atoms with E-state index >= 15 is 0 Å². The second kappa shape index (κ2) is 8.08. The lowest BCUT2D eigenvalue weighted by Gasteiger charge is -2.35. The van der Waals surface area contributed by atoms with Crippen molar-refractivity contribution < 1.29 is 14.3 Å². The number of hydrogen-bond donors (Lipinski definition) is 2. The van der Waals surface area contributed by atoms with Crippen LogP contribution in [-0.2, 0) is 14.3 Å². The van der Waals surface area contributed by atoms with E-state index in [-0.39, 0.29) is 5.91 Å². The van der Waals surface area contributed by atoms with Crippen molar-refractivity contribution >= 4 is 5.91 Å². The summed E-state index contributed by atoms with van der Waals surface area (Å²) in [6.45, 7) is 5.17. The van der Waals surface area contributed by atoms with Crippen LogP contribution in [0.1, 0.15) is 25.7 Å². The summed E-state index contributed by atoms with van der Waals surface area (Å²) in [5.74, 6) is 0.0464. The quantitative estimate of drug-likeness (QED) is 0.692. The largest absolute Gasteiger partial charge is 0.383 e. The van der Waals surface area contributed by atoms with Crippen molar-refractivity contribution in [2.45, 2.75) is 37.3 Å². The van der Waals surface area contributed by atoms with Crippen molar-refractivity contribution in [1.29, 1.82) is 0 Å². The Morgan fingerprint density at radius 1 is 1.38 bits per heavy atom. The molecule has 0 bridgehead atoms. The predicted molar refractivity (Wildman–Crippen MR) is 81.3 cm³/mol. The molecule has 6 heteroatoms. The van der Waals surface area contributed by atoms with Crippen LogP contribution in [0.4, 0.5) is 0 Å². The van der Waals surface area contributed by atoms with Crippen molar-refractivity contribution in [2.24, 2.45) is 0 Å². The summed E-state index contributed by atoms with van der Waals surface area (Å²) in [4.78, 5) is 14.9. The molecule has 1 amide bonds. The number of likely N-dealkylation sites (tertiary alicyclic amines) is 1. The Morgan fingerprint density at radius 3 is 2.81 bits per heavy atom. The Kier molecular flexibility index (Phi) is 6.41. The first kappa shape index (κ1) is 16.7. The molecule has 2 N–H and O–H groups in total. The van der Waals surface area contributed by atoms with Crippen LogP contribution in [0.3, 0.4) is 0 Å². The number of nitrogens with one attached hydrogen (secondary N) is 2. The molecule has 0 aromatic heterocycles. The molecule has 0 aromatic carbocycles. The monoisotopic (exact) mass is 299 g/mol. The number of carbonyl (C=O) groups is 1. The van der Waals surface area contributed by atoms with Crippen LogP contribution < -0.4 is 10.6 Å². The third kappa shape index (κ3) is 4.16. The number of hydrogen-bond acceptors (Lipinski definition) is 5. The Labute approximate surface area is 127 Å². The Balaban J connectivity index is 1.82. The second-order valence-electron chi connectivity index (χ2n) is 5.98. The minimum absolute atomic E-state index is 0.0464. The minimum Gasteiger partial charge on any atom is -0.383 e. The van der Waals surface area contributed by atoms with E-state index in [1.165, 1.54) is 6.42 Å².